The first-order valence-corrected chi connectivity index (χ1v) is 23.7. The van der Waals surface area contributed by atoms with Gasteiger partial charge in [-0.15, -0.1) is 0 Å². The van der Waals surface area contributed by atoms with Crippen LogP contribution in [0.5, 0.6) is 0 Å². The van der Waals surface area contributed by atoms with E-state index in [4.69, 9.17) is 0 Å². The fourth-order valence-electron chi connectivity index (χ4n) is 7.30. The van der Waals surface area contributed by atoms with Gasteiger partial charge in [0.15, 0.2) is 11.5 Å². The van der Waals surface area contributed by atoms with Gasteiger partial charge >= 0.3 is 0 Å². The van der Waals surface area contributed by atoms with Crippen LogP contribution in [0, 0.1) is 0 Å². The summed E-state index contributed by atoms with van der Waals surface area (Å²) in [6, 6.07) is 8.26. The van der Waals surface area contributed by atoms with Crippen molar-refractivity contribution in [2.45, 2.75) is 79.9 Å². The van der Waals surface area contributed by atoms with Crippen LogP contribution in [0.4, 0.5) is 11.4 Å². The molecule has 2 aromatic carbocycles. The highest BCUT2D eigenvalue weighted by Crippen LogP contribution is 2.51. The number of hydrogen-bond donors (Lipinski definition) is 4. The number of carbonyl (C=O) groups excluding carboxylic acids is 1. The number of hydrogen-bond acceptors (Lipinski definition) is 10. The molecule has 2 heterocycles. The van der Waals surface area contributed by atoms with E-state index in [0.717, 1.165) is 0 Å². The second-order valence-corrected chi connectivity index (χ2v) is 20.4. The topological polar surface area (TPSA) is 241 Å². The molecule has 4 N–H and O–H groups in total. The summed E-state index contributed by atoms with van der Waals surface area (Å²) in [5.74, 6) is -1.17. The number of rotatable bonds is 19. The Labute approximate surface area is 328 Å². The molecular formula is C37H47N2O13S4+. The van der Waals surface area contributed by atoms with Crippen molar-refractivity contribution in [2.75, 3.05) is 29.5 Å². The monoisotopic (exact) mass is 855 g/mol. The minimum atomic E-state index is -4.60. The van der Waals surface area contributed by atoms with Crippen molar-refractivity contribution < 1.29 is 61.3 Å². The number of anilines is 1. The lowest BCUT2D eigenvalue weighted by Gasteiger charge is -2.30. The van der Waals surface area contributed by atoms with Crippen molar-refractivity contribution in [2.24, 2.45) is 0 Å². The molecule has 0 aromatic heterocycles. The van der Waals surface area contributed by atoms with Crippen molar-refractivity contribution in [3.8, 4) is 0 Å². The summed E-state index contributed by atoms with van der Waals surface area (Å²) >= 11 is 0. The first kappa shape index (κ1) is 44.9. The second kappa shape index (κ2) is 17.0. The molecule has 306 valence electrons. The Hall–Kier alpha value is -3.82. The van der Waals surface area contributed by atoms with Gasteiger partial charge in [0.25, 0.3) is 40.5 Å². The summed E-state index contributed by atoms with van der Waals surface area (Å²) in [5, 5.41) is 0. The van der Waals surface area contributed by atoms with Crippen molar-refractivity contribution in [3.63, 3.8) is 0 Å². The number of fused-ring (bicyclic) bond motifs is 2. The van der Waals surface area contributed by atoms with Crippen molar-refractivity contribution in [1.82, 2.24) is 0 Å². The summed E-state index contributed by atoms with van der Waals surface area (Å²) in [4.78, 5) is 13.1. The fraction of sp³-hybridized carbons (Fsp3) is 0.405. The van der Waals surface area contributed by atoms with Crippen LogP contribution < -0.4 is 4.90 Å². The minimum absolute atomic E-state index is 0.0177. The molecule has 0 saturated heterocycles. The first-order valence-electron chi connectivity index (χ1n) is 17.6. The Balaban J connectivity index is 1.78. The van der Waals surface area contributed by atoms with E-state index in [0.29, 0.717) is 53.2 Å². The Morgan fingerprint density at radius 3 is 1.95 bits per heavy atom. The minimum Gasteiger partial charge on any atom is -0.344 e. The summed E-state index contributed by atoms with van der Waals surface area (Å²) in [6.07, 6.45) is 11.7. The molecule has 56 heavy (non-hydrogen) atoms. The smallest absolute Gasteiger partial charge is 0.294 e. The lowest BCUT2D eigenvalue weighted by Crippen LogP contribution is -2.30. The van der Waals surface area contributed by atoms with Crippen LogP contribution in [0.1, 0.15) is 70.4 Å². The molecule has 2 aliphatic heterocycles. The van der Waals surface area contributed by atoms with Gasteiger partial charge in [0.1, 0.15) is 6.54 Å². The number of allylic oxidation sites excluding steroid dienone is 7. The molecule has 0 fully saturated rings. The SMILES string of the molecule is C=CC(=O)CCCCC1(C)\C(=C/C=C/C=C/C2=[N+](CCCS(=O)(=O)O)c3ccc(S(=O)(=O)O)cc3C2(C)C)N(CCCS(=O)(=O)O)c2ccc(S(=O)(=O)O)cc21. The van der Waals surface area contributed by atoms with Crippen LogP contribution in [0.3, 0.4) is 0 Å². The van der Waals surface area contributed by atoms with E-state index < -0.39 is 62.8 Å². The summed E-state index contributed by atoms with van der Waals surface area (Å²) in [7, 11) is -17.7. The molecule has 2 aromatic rings. The fourth-order valence-corrected chi connectivity index (χ4v) is 9.30. The highest BCUT2D eigenvalue weighted by molar-refractivity contribution is 7.86. The van der Waals surface area contributed by atoms with Gasteiger partial charge in [0, 0.05) is 53.9 Å². The highest BCUT2D eigenvalue weighted by Gasteiger charge is 2.45. The number of benzene rings is 2. The van der Waals surface area contributed by atoms with Gasteiger partial charge in [-0.1, -0.05) is 31.2 Å². The molecule has 4 rings (SSSR count). The molecule has 0 radical (unpaired) electrons. The first-order chi connectivity index (χ1) is 25.8. The highest BCUT2D eigenvalue weighted by atomic mass is 32.2. The molecule has 0 saturated carbocycles. The maximum absolute atomic E-state index is 12.2. The lowest BCUT2D eigenvalue weighted by atomic mass is 9.77. The molecule has 2 aliphatic rings. The van der Waals surface area contributed by atoms with E-state index in [1.165, 1.54) is 42.5 Å². The van der Waals surface area contributed by atoms with Crippen LogP contribution >= 0.6 is 0 Å². The van der Waals surface area contributed by atoms with Crippen molar-refractivity contribution >= 4 is 63.3 Å². The van der Waals surface area contributed by atoms with Gasteiger partial charge in [0.05, 0.1) is 26.7 Å². The van der Waals surface area contributed by atoms with Gasteiger partial charge in [-0.05, 0) is 88.1 Å². The maximum atomic E-state index is 12.2. The molecule has 15 nitrogen and oxygen atoms in total. The second-order valence-electron chi connectivity index (χ2n) is 14.4. The van der Waals surface area contributed by atoms with Crippen LogP contribution in [0.15, 0.2) is 94.9 Å². The van der Waals surface area contributed by atoms with Gasteiger partial charge in [-0.25, -0.2) is 0 Å². The average Bonchev–Trinajstić information content (AvgIpc) is 3.43. The van der Waals surface area contributed by atoms with Crippen LogP contribution in [0.2, 0.25) is 0 Å². The van der Waals surface area contributed by atoms with E-state index >= 15 is 0 Å². The van der Waals surface area contributed by atoms with Crippen molar-refractivity contribution in [1.29, 1.82) is 0 Å². The third-order valence-electron chi connectivity index (χ3n) is 10.0. The number of nitrogens with zero attached hydrogens (tertiary/aromatic N) is 2. The van der Waals surface area contributed by atoms with Crippen molar-refractivity contribution in [3.05, 3.63) is 96.3 Å². The summed E-state index contributed by atoms with van der Waals surface area (Å²) in [6.45, 7) is 9.32. The Morgan fingerprint density at radius 1 is 0.768 bits per heavy atom. The molecular weight excluding hydrogens is 809 g/mol. The van der Waals surface area contributed by atoms with Crippen LogP contribution in [-0.4, -0.2) is 92.5 Å². The third kappa shape index (κ3) is 10.8. The Morgan fingerprint density at radius 2 is 1.36 bits per heavy atom. The Kier molecular flexibility index (Phi) is 13.6. The van der Waals surface area contributed by atoms with E-state index in [1.54, 1.807) is 30.4 Å². The predicted octanol–water partition coefficient (Wildman–Crippen LogP) is 5.20. The normalized spacial score (nSPS) is 19.3. The van der Waals surface area contributed by atoms with E-state index in [-0.39, 0.29) is 47.9 Å². The van der Waals surface area contributed by atoms with Gasteiger partial charge < -0.3 is 4.90 Å². The molecule has 0 spiro atoms. The zero-order chi connectivity index (χ0) is 41.9. The summed E-state index contributed by atoms with van der Waals surface area (Å²) in [5.41, 5.74) is 1.85. The molecule has 1 unspecified atom stereocenters. The maximum Gasteiger partial charge on any atom is 0.294 e. The van der Waals surface area contributed by atoms with Gasteiger partial charge in [-0.3, -0.25) is 23.0 Å². The standard InChI is InChI=1S/C37H46N2O13S4/c1-5-27(40)13-9-10-20-37(4)31-26-29(56(50,51)52)17-19-33(31)39(22-12-24-54(44,45)46)35(37)15-8-6-7-14-34-36(2,3)30-25-28(55(47,48)49)16-18-32(30)38(34)21-11-23-53(41,42)43/h5-8,14-19,25-26H,1,9-13,20-24H2,2-4H3,(H3-,41,42,43,44,45,46,47,48,49,50,51,52)/p+1. The van der Waals surface area contributed by atoms with Crippen LogP contribution in [-0.2, 0) is 56.1 Å². The van der Waals surface area contributed by atoms with E-state index in [2.05, 4.69) is 6.58 Å². The average molecular weight is 856 g/mol. The predicted molar refractivity (Wildman–Crippen MR) is 212 cm³/mol. The quantitative estimate of drug-likeness (QED) is 0.0467. The zero-order valence-corrected chi connectivity index (χ0v) is 34.5. The third-order valence-corrected chi connectivity index (χ3v) is 13.4. The number of ketones is 1. The number of unbranched alkanes of at least 4 members (excludes halogenated alkanes) is 1. The van der Waals surface area contributed by atoms with E-state index in [1.807, 2.05) is 30.2 Å². The molecule has 1 atom stereocenters. The van der Waals surface area contributed by atoms with E-state index in [9.17, 15) is 56.7 Å². The molecule has 0 amide bonds. The zero-order valence-electron chi connectivity index (χ0n) is 31.2. The largest absolute Gasteiger partial charge is 0.344 e. The molecule has 0 aliphatic carbocycles. The van der Waals surface area contributed by atoms with Gasteiger partial charge in [0.2, 0.25) is 5.69 Å². The Bertz CT molecular complexity index is 2470. The molecule has 19 heteroatoms. The number of carbonyl (C=O) groups is 1. The van der Waals surface area contributed by atoms with Crippen LogP contribution in [0.25, 0.3) is 0 Å². The lowest BCUT2D eigenvalue weighted by molar-refractivity contribution is -0.437. The molecule has 0 bridgehead atoms. The van der Waals surface area contributed by atoms with Gasteiger partial charge in [-0.2, -0.15) is 38.2 Å². The summed E-state index contributed by atoms with van der Waals surface area (Å²) < 4.78 is 135.